The van der Waals surface area contributed by atoms with Crippen LogP contribution in [-0.2, 0) is 0 Å². The minimum Gasteiger partial charge on any atom is -0.465 e. The number of hydrogen-bond donors (Lipinski definition) is 1. The zero-order valence-electron chi connectivity index (χ0n) is 6.67. The van der Waals surface area contributed by atoms with E-state index in [1.165, 1.54) is 6.07 Å². The lowest BCUT2D eigenvalue weighted by molar-refractivity contribution is 0.400. The fourth-order valence-electron chi connectivity index (χ4n) is 0.832. The minimum atomic E-state index is -0.365. The fraction of sp³-hybridized carbons (Fsp3) is 0.500. The lowest BCUT2D eigenvalue weighted by Gasteiger charge is -2.11. The molecule has 1 atom stereocenters. The summed E-state index contributed by atoms with van der Waals surface area (Å²) in [5.74, 6) is 0.411. The van der Waals surface area contributed by atoms with Crippen LogP contribution in [0.4, 0.5) is 4.39 Å². The molecule has 2 N–H and O–H groups in total. The Balaban J connectivity index is 2.76. The van der Waals surface area contributed by atoms with Gasteiger partial charge in [-0.2, -0.15) is 0 Å². The molecule has 3 heteroatoms. The second-order valence-corrected chi connectivity index (χ2v) is 2.94. The molecule has 0 aliphatic rings. The third-order valence-electron chi connectivity index (χ3n) is 1.63. The Morgan fingerprint density at radius 1 is 1.55 bits per heavy atom. The van der Waals surface area contributed by atoms with E-state index in [0.29, 0.717) is 5.76 Å². The van der Waals surface area contributed by atoms with Gasteiger partial charge in [0.25, 0.3) is 0 Å². The molecule has 11 heavy (non-hydrogen) atoms. The highest BCUT2D eigenvalue weighted by molar-refractivity contribution is 5.06. The molecular formula is C8H12FNO. The minimum absolute atomic E-state index is 0.209. The van der Waals surface area contributed by atoms with Crippen molar-refractivity contribution in [1.82, 2.24) is 0 Å². The van der Waals surface area contributed by atoms with Crippen LogP contribution < -0.4 is 5.73 Å². The normalized spacial score (nSPS) is 13.9. The SMILES string of the molecule is CC(C)C(N)c1cc(F)co1. The Morgan fingerprint density at radius 3 is 2.55 bits per heavy atom. The lowest BCUT2D eigenvalue weighted by Crippen LogP contribution is -2.15. The molecular weight excluding hydrogens is 145 g/mol. The largest absolute Gasteiger partial charge is 0.465 e. The van der Waals surface area contributed by atoms with Gasteiger partial charge in [0.2, 0.25) is 0 Å². The molecule has 1 aromatic heterocycles. The van der Waals surface area contributed by atoms with Gasteiger partial charge in [-0.15, -0.1) is 0 Å². The molecule has 1 heterocycles. The van der Waals surface area contributed by atoms with Gasteiger partial charge in [-0.25, -0.2) is 4.39 Å². The van der Waals surface area contributed by atoms with Crippen LogP contribution in [0.1, 0.15) is 25.6 Å². The summed E-state index contributed by atoms with van der Waals surface area (Å²) >= 11 is 0. The lowest BCUT2D eigenvalue weighted by atomic mass is 10.0. The van der Waals surface area contributed by atoms with Gasteiger partial charge >= 0.3 is 0 Å². The van der Waals surface area contributed by atoms with Gasteiger partial charge in [0.15, 0.2) is 5.82 Å². The third kappa shape index (κ3) is 1.80. The van der Waals surface area contributed by atoms with E-state index in [-0.39, 0.29) is 17.8 Å². The topological polar surface area (TPSA) is 39.2 Å². The highest BCUT2D eigenvalue weighted by atomic mass is 19.1. The first kappa shape index (κ1) is 8.27. The number of nitrogens with two attached hydrogens (primary N) is 1. The first-order valence-corrected chi connectivity index (χ1v) is 3.60. The van der Waals surface area contributed by atoms with E-state index in [0.717, 1.165) is 6.26 Å². The second-order valence-electron chi connectivity index (χ2n) is 2.94. The zero-order valence-corrected chi connectivity index (χ0v) is 6.67. The summed E-state index contributed by atoms with van der Waals surface area (Å²) in [7, 11) is 0. The van der Waals surface area contributed by atoms with Crippen molar-refractivity contribution in [2.75, 3.05) is 0 Å². The maximum absolute atomic E-state index is 12.4. The highest BCUT2D eigenvalue weighted by Gasteiger charge is 2.14. The number of rotatable bonds is 2. The van der Waals surface area contributed by atoms with Gasteiger partial charge in [-0.05, 0) is 5.92 Å². The Morgan fingerprint density at radius 2 is 2.18 bits per heavy atom. The monoisotopic (exact) mass is 157 g/mol. The van der Waals surface area contributed by atoms with E-state index < -0.39 is 0 Å². The maximum atomic E-state index is 12.4. The Labute approximate surface area is 65.2 Å². The predicted octanol–water partition coefficient (Wildman–Crippen LogP) is 2.07. The molecule has 0 spiro atoms. The molecule has 62 valence electrons. The van der Waals surface area contributed by atoms with Gasteiger partial charge in [-0.3, -0.25) is 0 Å². The molecule has 0 saturated carbocycles. The van der Waals surface area contributed by atoms with E-state index in [1.54, 1.807) is 0 Å². The molecule has 0 bridgehead atoms. The summed E-state index contributed by atoms with van der Waals surface area (Å²) in [5, 5.41) is 0. The summed E-state index contributed by atoms with van der Waals surface area (Å²) in [5.41, 5.74) is 5.69. The van der Waals surface area contributed by atoms with Crippen molar-refractivity contribution in [1.29, 1.82) is 0 Å². The van der Waals surface area contributed by atoms with Gasteiger partial charge in [-0.1, -0.05) is 13.8 Å². The summed E-state index contributed by atoms with van der Waals surface area (Å²) in [6.45, 7) is 3.93. The van der Waals surface area contributed by atoms with Crippen LogP contribution in [0.15, 0.2) is 16.7 Å². The number of furan rings is 1. The van der Waals surface area contributed by atoms with E-state index in [2.05, 4.69) is 0 Å². The molecule has 1 aromatic rings. The molecule has 1 unspecified atom stereocenters. The molecule has 0 radical (unpaired) electrons. The van der Waals surface area contributed by atoms with E-state index in [1.807, 2.05) is 13.8 Å². The second kappa shape index (κ2) is 3.05. The summed E-state index contributed by atoms with van der Waals surface area (Å²) in [4.78, 5) is 0. The van der Waals surface area contributed by atoms with Crippen molar-refractivity contribution < 1.29 is 8.81 Å². The molecule has 0 saturated heterocycles. The standard InChI is InChI=1S/C8H12FNO/c1-5(2)8(10)7-3-6(9)4-11-7/h3-5,8H,10H2,1-2H3. The van der Waals surface area contributed by atoms with Gasteiger partial charge in [0.05, 0.1) is 6.04 Å². The quantitative estimate of drug-likeness (QED) is 0.713. The molecule has 0 fully saturated rings. The van der Waals surface area contributed by atoms with Crippen molar-refractivity contribution in [2.24, 2.45) is 11.7 Å². The van der Waals surface area contributed by atoms with Gasteiger partial charge < -0.3 is 10.2 Å². The van der Waals surface area contributed by atoms with Crippen molar-refractivity contribution >= 4 is 0 Å². The first-order valence-electron chi connectivity index (χ1n) is 3.60. The number of halogens is 1. The predicted molar refractivity (Wildman–Crippen MR) is 40.4 cm³/mol. The average Bonchev–Trinajstić information content (AvgIpc) is 2.34. The van der Waals surface area contributed by atoms with Crippen LogP contribution >= 0.6 is 0 Å². The first-order chi connectivity index (χ1) is 5.11. The molecule has 0 aromatic carbocycles. The van der Waals surface area contributed by atoms with Crippen LogP contribution in [0, 0.1) is 11.7 Å². The summed E-state index contributed by atoms with van der Waals surface area (Å²) < 4.78 is 17.3. The molecule has 1 rings (SSSR count). The Hall–Kier alpha value is -0.830. The van der Waals surface area contributed by atoms with E-state index >= 15 is 0 Å². The van der Waals surface area contributed by atoms with Crippen LogP contribution in [0.25, 0.3) is 0 Å². The van der Waals surface area contributed by atoms with Crippen molar-refractivity contribution in [3.05, 3.63) is 23.9 Å². The van der Waals surface area contributed by atoms with E-state index in [9.17, 15) is 4.39 Å². The van der Waals surface area contributed by atoms with Crippen molar-refractivity contribution in [3.8, 4) is 0 Å². The summed E-state index contributed by atoms with van der Waals surface area (Å²) in [6.07, 6.45) is 1.07. The molecule has 2 nitrogen and oxygen atoms in total. The third-order valence-corrected chi connectivity index (χ3v) is 1.63. The van der Waals surface area contributed by atoms with Gasteiger partial charge in [0.1, 0.15) is 12.0 Å². The Kier molecular flexibility index (Phi) is 2.29. The molecule has 0 aliphatic heterocycles. The highest BCUT2D eigenvalue weighted by Crippen LogP contribution is 2.20. The van der Waals surface area contributed by atoms with Crippen LogP contribution in [0.3, 0.4) is 0 Å². The van der Waals surface area contributed by atoms with Crippen LogP contribution in [0.2, 0.25) is 0 Å². The maximum Gasteiger partial charge on any atom is 0.161 e. The number of hydrogen-bond acceptors (Lipinski definition) is 2. The molecule has 0 amide bonds. The van der Waals surface area contributed by atoms with Gasteiger partial charge in [0, 0.05) is 6.07 Å². The van der Waals surface area contributed by atoms with Crippen LogP contribution in [0.5, 0.6) is 0 Å². The van der Waals surface area contributed by atoms with Crippen molar-refractivity contribution in [3.63, 3.8) is 0 Å². The van der Waals surface area contributed by atoms with E-state index in [4.69, 9.17) is 10.2 Å². The molecule has 0 aliphatic carbocycles. The summed E-state index contributed by atoms with van der Waals surface area (Å²) in [6, 6.07) is 1.12. The van der Waals surface area contributed by atoms with Crippen LogP contribution in [-0.4, -0.2) is 0 Å². The fourth-order valence-corrected chi connectivity index (χ4v) is 0.832. The smallest absolute Gasteiger partial charge is 0.161 e. The average molecular weight is 157 g/mol. The van der Waals surface area contributed by atoms with Crippen molar-refractivity contribution in [2.45, 2.75) is 19.9 Å². The zero-order chi connectivity index (χ0) is 8.43. The Bertz CT molecular complexity index is 232.